The van der Waals surface area contributed by atoms with Crippen LogP contribution in [-0.4, -0.2) is 36.5 Å². The van der Waals surface area contributed by atoms with E-state index in [2.05, 4.69) is 17.2 Å². The predicted octanol–water partition coefficient (Wildman–Crippen LogP) is 3.71. The minimum absolute atomic E-state index is 0.00988. The molecule has 0 bridgehead atoms. The van der Waals surface area contributed by atoms with Crippen LogP contribution in [0.25, 0.3) is 0 Å². The van der Waals surface area contributed by atoms with Crippen molar-refractivity contribution in [3.8, 4) is 5.75 Å². The lowest BCUT2D eigenvalue weighted by Crippen LogP contribution is -2.27. The van der Waals surface area contributed by atoms with Crippen molar-refractivity contribution in [3.63, 3.8) is 0 Å². The molecule has 5 heteroatoms. The summed E-state index contributed by atoms with van der Waals surface area (Å²) < 4.78 is 5.14. The van der Waals surface area contributed by atoms with Crippen molar-refractivity contribution >= 4 is 17.3 Å². The number of hydrogen-bond acceptors (Lipinski definition) is 4. The number of methoxy groups -OCH3 is 1. The second kappa shape index (κ2) is 8.17. The van der Waals surface area contributed by atoms with Gasteiger partial charge in [0.2, 0.25) is 0 Å². The molecular formula is C18H23N3O2. The molecular weight excluding hydrogens is 290 g/mol. The van der Waals surface area contributed by atoms with E-state index in [0.29, 0.717) is 5.56 Å². The van der Waals surface area contributed by atoms with E-state index in [9.17, 15) is 4.79 Å². The Kier molecular flexibility index (Phi) is 5.97. The number of benzene rings is 1. The Balaban J connectivity index is 2.08. The van der Waals surface area contributed by atoms with E-state index in [1.807, 2.05) is 37.4 Å². The number of anilines is 2. The van der Waals surface area contributed by atoms with Crippen molar-refractivity contribution in [2.45, 2.75) is 19.8 Å². The number of unbranched alkanes of at least 4 members (excludes halogenated alkanes) is 1. The molecule has 23 heavy (non-hydrogen) atoms. The third-order valence-electron chi connectivity index (χ3n) is 3.56. The SMILES string of the molecule is CCCCN(C)C(=O)c1cncc(Nc2ccc(OC)cc2)c1. The number of pyridine rings is 1. The van der Waals surface area contributed by atoms with E-state index < -0.39 is 0 Å². The van der Waals surface area contributed by atoms with Crippen molar-refractivity contribution in [1.82, 2.24) is 9.88 Å². The maximum Gasteiger partial charge on any atom is 0.255 e. The zero-order valence-electron chi connectivity index (χ0n) is 13.9. The molecule has 2 aromatic rings. The van der Waals surface area contributed by atoms with Gasteiger partial charge < -0.3 is 15.0 Å². The lowest BCUT2D eigenvalue weighted by molar-refractivity contribution is 0.0793. The Hall–Kier alpha value is -2.56. The quantitative estimate of drug-likeness (QED) is 0.846. The third-order valence-corrected chi connectivity index (χ3v) is 3.56. The molecule has 0 saturated heterocycles. The first-order chi connectivity index (χ1) is 11.1. The molecule has 0 aliphatic heterocycles. The summed E-state index contributed by atoms with van der Waals surface area (Å²) in [4.78, 5) is 18.3. The van der Waals surface area contributed by atoms with Crippen molar-refractivity contribution in [3.05, 3.63) is 48.3 Å². The van der Waals surface area contributed by atoms with Crippen molar-refractivity contribution in [1.29, 1.82) is 0 Å². The van der Waals surface area contributed by atoms with E-state index >= 15 is 0 Å². The van der Waals surface area contributed by atoms with Gasteiger partial charge >= 0.3 is 0 Å². The summed E-state index contributed by atoms with van der Waals surface area (Å²) in [6.45, 7) is 2.87. The van der Waals surface area contributed by atoms with Crippen LogP contribution in [0.15, 0.2) is 42.7 Å². The minimum Gasteiger partial charge on any atom is -0.497 e. The molecule has 0 spiro atoms. The van der Waals surface area contributed by atoms with Crippen LogP contribution in [0.1, 0.15) is 30.1 Å². The molecule has 1 aromatic heterocycles. The third kappa shape index (κ3) is 4.71. The van der Waals surface area contributed by atoms with E-state index in [-0.39, 0.29) is 5.91 Å². The maximum atomic E-state index is 12.4. The molecule has 0 aliphatic rings. The summed E-state index contributed by atoms with van der Waals surface area (Å²) in [6, 6.07) is 9.41. The molecule has 1 N–H and O–H groups in total. The lowest BCUT2D eigenvalue weighted by Gasteiger charge is -2.17. The largest absolute Gasteiger partial charge is 0.497 e. The van der Waals surface area contributed by atoms with Crippen molar-refractivity contribution in [2.75, 3.05) is 26.0 Å². The molecule has 0 radical (unpaired) electrons. The lowest BCUT2D eigenvalue weighted by atomic mass is 10.2. The monoisotopic (exact) mass is 313 g/mol. The Morgan fingerprint density at radius 3 is 2.61 bits per heavy atom. The summed E-state index contributed by atoms with van der Waals surface area (Å²) in [6.07, 6.45) is 5.37. The van der Waals surface area contributed by atoms with Crippen molar-refractivity contribution < 1.29 is 9.53 Å². The number of nitrogens with zero attached hydrogens (tertiary/aromatic N) is 2. The Labute approximate surface area is 137 Å². The molecule has 0 fully saturated rings. The average Bonchev–Trinajstić information content (AvgIpc) is 2.60. The smallest absolute Gasteiger partial charge is 0.255 e. The fraction of sp³-hybridized carbons (Fsp3) is 0.333. The average molecular weight is 313 g/mol. The summed E-state index contributed by atoms with van der Waals surface area (Å²) in [5.41, 5.74) is 2.28. The van der Waals surface area contributed by atoms with E-state index in [0.717, 1.165) is 36.5 Å². The van der Waals surface area contributed by atoms with Gasteiger partial charge in [0, 0.05) is 25.5 Å². The fourth-order valence-corrected chi connectivity index (χ4v) is 2.18. The van der Waals surface area contributed by atoms with Crippen molar-refractivity contribution in [2.24, 2.45) is 0 Å². The molecule has 5 nitrogen and oxygen atoms in total. The topological polar surface area (TPSA) is 54.5 Å². The zero-order chi connectivity index (χ0) is 16.7. The van der Waals surface area contributed by atoms with Crippen LogP contribution in [0.2, 0.25) is 0 Å². The van der Waals surface area contributed by atoms with Crippen LogP contribution in [-0.2, 0) is 0 Å². The maximum absolute atomic E-state index is 12.4. The molecule has 2 rings (SSSR count). The number of rotatable bonds is 7. The number of aromatic nitrogens is 1. The number of carbonyl (C=O) groups excluding carboxylic acids is 1. The predicted molar refractivity (Wildman–Crippen MR) is 92.4 cm³/mol. The number of ether oxygens (including phenoxy) is 1. The van der Waals surface area contributed by atoms with Gasteiger partial charge in [-0.1, -0.05) is 13.3 Å². The van der Waals surface area contributed by atoms with Gasteiger partial charge in [-0.3, -0.25) is 9.78 Å². The molecule has 1 aromatic carbocycles. The van der Waals surface area contributed by atoms with Gasteiger partial charge in [0.05, 0.1) is 24.6 Å². The van der Waals surface area contributed by atoms with E-state index in [4.69, 9.17) is 4.74 Å². The zero-order valence-corrected chi connectivity index (χ0v) is 13.9. The Bertz CT molecular complexity index is 641. The molecule has 0 atom stereocenters. The van der Waals surface area contributed by atoms with Crippen LogP contribution >= 0.6 is 0 Å². The highest BCUT2D eigenvalue weighted by Gasteiger charge is 2.12. The van der Waals surface area contributed by atoms with Crippen LogP contribution < -0.4 is 10.1 Å². The van der Waals surface area contributed by atoms with Gasteiger partial charge in [0.25, 0.3) is 5.91 Å². The first kappa shape index (κ1) is 16.8. The minimum atomic E-state index is -0.00988. The summed E-state index contributed by atoms with van der Waals surface area (Å²) in [5, 5.41) is 3.24. The van der Waals surface area contributed by atoms with Gasteiger partial charge in [-0.05, 0) is 36.8 Å². The standard InChI is InChI=1S/C18H23N3O2/c1-4-5-10-21(2)18(22)14-11-16(13-19-12-14)20-15-6-8-17(23-3)9-7-15/h6-9,11-13,20H,4-5,10H2,1-3H3. The normalized spacial score (nSPS) is 10.2. The van der Waals surface area contributed by atoms with Gasteiger partial charge in [-0.2, -0.15) is 0 Å². The summed E-state index contributed by atoms with van der Waals surface area (Å²) in [5.74, 6) is 0.791. The highest BCUT2D eigenvalue weighted by Crippen LogP contribution is 2.20. The number of carbonyl (C=O) groups is 1. The van der Waals surface area contributed by atoms with Crippen LogP contribution in [0, 0.1) is 0 Å². The molecule has 0 aliphatic carbocycles. The number of hydrogen-bond donors (Lipinski definition) is 1. The molecule has 122 valence electrons. The second-order valence-corrected chi connectivity index (χ2v) is 5.40. The highest BCUT2D eigenvalue weighted by atomic mass is 16.5. The summed E-state index contributed by atoms with van der Waals surface area (Å²) in [7, 11) is 3.46. The van der Waals surface area contributed by atoms with E-state index in [1.165, 1.54) is 0 Å². The first-order valence-corrected chi connectivity index (χ1v) is 7.75. The van der Waals surface area contributed by atoms with E-state index in [1.54, 1.807) is 24.4 Å². The van der Waals surface area contributed by atoms with Crippen LogP contribution in [0.4, 0.5) is 11.4 Å². The molecule has 0 saturated carbocycles. The fourth-order valence-electron chi connectivity index (χ4n) is 2.18. The van der Waals surface area contributed by atoms with Gasteiger partial charge in [0.15, 0.2) is 0 Å². The van der Waals surface area contributed by atoms with Gasteiger partial charge in [-0.15, -0.1) is 0 Å². The highest BCUT2D eigenvalue weighted by molar-refractivity contribution is 5.94. The summed E-state index contributed by atoms with van der Waals surface area (Å²) >= 11 is 0. The van der Waals surface area contributed by atoms with Crippen LogP contribution in [0.5, 0.6) is 5.75 Å². The van der Waals surface area contributed by atoms with Gasteiger partial charge in [-0.25, -0.2) is 0 Å². The Morgan fingerprint density at radius 2 is 1.96 bits per heavy atom. The van der Waals surface area contributed by atoms with Crippen LogP contribution in [0.3, 0.4) is 0 Å². The second-order valence-electron chi connectivity index (χ2n) is 5.40. The molecule has 0 unspecified atom stereocenters. The van der Waals surface area contributed by atoms with Gasteiger partial charge in [0.1, 0.15) is 5.75 Å². The number of nitrogens with one attached hydrogen (secondary N) is 1. The first-order valence-electron chi connectivity index (χ1n) is 7.75. The molecule has 1 heterocycles. The molecule has 1 amide bonds. The Morgan fingerprint density at radius 1 is 1.22 bits per heavy atom. The number of amides is 1.